The summed E-state index contributed by atoms with van der Waals surface area (Å²) in [7, 11) is 0. The number of thioether (sulfide) groups is 2. The summed E-state index contributed by atoms with van der Waals surface area (Å²) < 4.78 is 0.707. The Kier molecular flexibility index (Phi) is 4.18. The van der Waals surface area contributed by atoms with Crippen LogP contribution in [0.25, 0.3) is 0 Å². The third-order valence-corrected chi connectivity index (χ3v) is 4.22. The molecule has 0 bridgehead atoms. The van der Waals surface area contributed by atoms with Gasteiger partial charge in [0.15, 0.2) is 0 Å². The molecule has 1 rings (SSSR count). The molecule has 0 atom stereocenters. The molecule has 0 aromatic rings. The van der Waals surface area contributed by atoms with Crippen molar-refractivity contribution in [3.8, 4) is 0 Å². The highest BCUT2D eigenvalue weighted by Crippen LogP contribution is 2.31. The predicted octanol–water partition coefficient (Wildman–Crippen LogP) is 3.09. The van der Waals surface area contributed by atoms with Crippen LogP contribution in [-0.2, 0) is 0 Å². The lowest BCUT2D eigenvalue weighted by atomic mass is 10.6. The minimum Gasteiger partial charge on any atom is -0.143 e. The smallest absolute Gasteiger partial charge is 0.0690 e. The second kappa shape index (κ2) is 4.69. The first-order valence-corrected chi connectivity index (χ1v) is 5.95. The SMILES string of the molecule is Br/C=C\C1SCCCS1. The van der Waals surface area contributed by atoms with Gasteiger partial charge < -0.3 is 0 Å². The van der Waals surface area contributed by atoms with E-state index in [-0.39, 0.29) is 0 Å². The fourth-order valence-electron chi connectivity index (χ4n) is 0.677. The zero-order valence-corrected chi connectivity index (χ0v) is 8.27. The lowest BCUT2D eigenvalue weighted by molar-refractivity contribution is 1.11. The highest BCUT2D eigenvalue weighted by atomic mass is 79.9. The molecule has 0 amide bonds. The van der Waals surface area contributed by atoms with Gasteiger partial charge in [-0.1, -0.05) is 22.0 Å². The van der Waals surface area contributed by atoms with Crippen molar-refractivity contribution in [2.75, 3.05) is 11.5 Å². The van der Waals surface area contributed by atoms with Gasteiger partial charge in [-0.15, -0.1) is 23.5 Å². The van der Waals surface area contributed by atoms with Crippen molar-refractivity contribution in [1.82, 2.24) is 0 Å². The van der Waals surface area contributed by atoms with E-state index in [2.05, 4.69) is 22.0 Å². The zero-order chi connectivity index (χ0) is 6.53. The van der Waals surface area contributed by atoms with Gasteiger partial charge in [0.05, 0.1) is 4.58 Å². The molecule has 0 spiro atoms. The highest BCUT2D eigenvalue weighted by molar-refractivity contribution is 9.11. The van der Waals surface area contributed by atoms with Crippen molar-refractivity contribution in [2.24, 2.45) is 0 Å². The Balaban J connectivity index is 2.23. The van der Waals surface area contributed by atoms with Crippen molar-refractivity contribution in [2.45, 2.75) is 11.0 Å². The van der Waals surface area contributed by atoms with Crippen LogP contribution in [-0.4, -0.2) is 16.1 Å². The van der Waals surface area contributed by atoms with Crippen LogP contribution in [0.5, 0.6) is 0 Å². The Bertz CT molecular complexity index is 97.2. The van der Waals surface area contributed by atoms with Crippen molar-refractivity contribution in [3.63, 3.8) is 0 Å². The van der Waals surface area contributed by atoms with Crippen LogP contribution < -0.4 is 0 Å². The first-order valence-electron chi connectivity index (χ1n) is 2.93. The van der Waals surface area contributed by atoms with Crippen molar-refractivity contribution in [3.05, 3.63) is 11.1 Å². The molecule has 0 aromatic heterocycles. The molecule has 0 aromatic carbocycles. The summed E-state index contributed by atoms with van der Waals surface area (Å²) in [6, 6.07) is 0. The minimum absolute atomic E-state index is 0.707. The molecule has 0 N–H and O–H groups in total. The van der Waals surface area contributed by atoms with E-state index in [4.69, 9.17) is 0 Å². The standard InChI is InChI=1S/C6H9BrS2/c7-3-2-6-8-4-1-5-9-6/h2-3,6H,1,4-5H2/b3-2-. The average Bonchev–Trinajstić information content (AvgIpc) is 1.91. The normalized spacial score (nSPS) is 23.2. The average molecular weight is 225 g/mol. The molecule has 1 aliphatic rings. The Morgan fingerprint density at radius 3 is 2.56 bits per heavy atom. The van der Waals surface area contributed by atoms with E-state index in [9.17, 15) is 0 Å². The molecule has 52 valence electrons. The summed E-state index contributed by atoms with van der Waals surface area (Å²) in [6.07, 6.45) is 3.58. The zero-order valence-electron chi connectivity index (χ0n) is 5.05. The molecule has 0 nitrogen and oxygen atoms in total. The van der Waals surface area contributed by atoms with E-state index in [1.165, 1.54) is 17.9 Å². The summed E-state index contributed by atoms with van der Waals surface area (Å²) >= 11 is 7.35. The van der Waals surface area contributed by atoms with Crippen LogP contribution in [0.1, 0.15) is 6.42 Å². The van der Waals surface area contributed by atoms with E-state index in [0.717, 1.165) is 0 Å². The molecule has 0 saturated carbocycles. The van der Waals surface area contributed by atoms with Crippen LogP contribution in [0, 0.1) is 0 Å². The van der Waals surface area contributed by atoms with Gasteiger partial charge >= 0.3 is 0 Å². The molecule has 1 saturated heterocycles. The maximum atomic E-state index is 3.28. The molecule has 0 aliphatic carbocycles. The molecular weight excluding hydrogens is 216 g/mol. The maximum absolute atomic E-state index is 3.28. The van der Waals surface area contributed by atoms with Gasteiger partial charge in [0, 0.05) is 0 Å². The van der Waals surface area contributed by atoms with Gasteiger partial charge in [-0.3, -0.25) is 0 Å². The van der Waals surface area contributed by atoms with Gasteiger partial charge in [-0.25, -0.2) is 0 Å². The van der Waals surface area contributed by atoms with Crippen LogP contribution in [0.3, 0.4) is 0 Å². The van der Waals surface area contributed by atoms with E-state index >= 15 is 0 Å². The third-order valence-electron chi connectivity index (χ3n) is 1.08. The first-order chi connectivity index (χ1) is 4.43. The lowest BCUT2D eigenvalue weighted by Gasteiger charge is -2.16. The number of halogens is 1. The number of hydrogen-bond acceptors (Lipinski definition) is 2. The Labute approximate surface area is 73.0 Å². The molecule has 9 heavy (non-hydrogen) atoms. The van der Waals surface area contributed by atoms with Gasteiger partial charge in [-0.05, 0) is 22.9 Å². The second-order valence-corrected chi connectivity index (χ2v) is 5.11. The molecule has 1 heterocycles. The predicted molar refractivity (Wildman–Crippen MR) is 51.4 cm³/mol. The largest absolute Gasteiger partial charge is 0.143 e. The van der Waals surface area contributed by atoms with Gasteiger partial charge in [0.1, 0.15) is 0 Å². The van der Waals surface area contributed by atoms with Gasteiger partial charge in [0.25, 0.3) is 0 Å². The van der Waals surface area contributed by atoms with Crippen molar-refractivity contribution in [1.29, 1.82) is 0 Å². The monoisotopic (exact) mass is 224 g/mol. The Morgan fingerprint density at radius 1 is 1.33 bits per heavy atom. The third kappa shape index (κ3) is 3.01. The fraction of sp³-hybridized carbons (Fsp3) is 0.667. The van der Waals surface area contributed by atoms with Crippen LogP contribution in [0.2, 0.25) is 0 Å². The van der Waals surface area contributed by atoms with E-state index in [0.29, 0.717) is 4.58 Å². The van der Waals surface area contributed by atoms with E-state index in [1.807, 2.05) is 28.5 Å². The quantitative estimate of drug-likeness (QED) is 0.672. The summed E-state index contributed by atoms with van der Waals surface area (Å²) in [5.74, 6) is 2.66. The summed E-state index contributed by atoms with van der Waals surface area (Å²) in [5, 5.41) is 0. The molecule has 0 unspecified atom stereocenters. The minimum atomic E-state index is 0.707. The van der Waals surface area contributed by atoms with Crippen LogP contribution in [0.15, 0.2) is 11.1 Å². The second-order valence-electron chi connectivity index (χ2n) is 1.78. The topological polar surface area (TPSA) is 0 Å². The molecule has 1 aliphatic heterocycles. The number of hydrogen-bond donors (Lipinski definition) is 0. The highest BCUT2D eigenvalue weighted by Gasteiger charge is 2.09. The summed E-state index contributed by atoms with van der Waals surface area (Å²) in [6.45, 7) is 0. The van der Waals surface area contributed by atoms with E-state index in [1.54, 1.807) is 0 Å². The van der Waals surface area contributed by atoms with Gasteiger partial charge in [0.2, 0.25) is 0 Å². The fourth-order valence-corrected chi connectivity index (χ4v) is 4.00. The number of rotatable bonds is 1. The Morgan fingerprint density at radius 2 is 2.00 bits per heavy atom. The molecular formula is C6H9BrS2. The van der Waals surface area contributed by atoms with E-state index < -0.39 is 0 Å². The van der Waals surface area contributed by atoms with Crippen molar-refractivity contribution >= 4 is 39.5 Å². The lowest BCUT2D eigenvalue weighted by Crippen LogP contribution is -2.02. The van der Waals surface area contributed by atoms with Crippen molar-refractivity contribution < 1.29 is 0 Å². The molecule has 3 heteroatoms. The molecule has 1 fully saturated rings. The summed E-state index contributed by atoms with van der Waals surface area (Å²) in [5.41, 5.74) is 0. The maximum Gasteiger partial charge on any atom is 0.0690 e. The Hall–Kier alpha value is 0.920. The van der Waals surface area contributed by atoms with Gasteiger partial charge in [-0.2, -0.15) is 0 Å². The first kappa shape index (κ1) is 8.02. The summed E-state index contributed by atoms with van der Waals surface area (Å²) in [4.78, 5) is 1.96. The molecule has 0 radical (unpaired) electrons. The van der Waals surface area contributed by atoms with Crippen LogP contribution >= 0.6 is 39.5 Å². The van der Waals surface area contributed by atoms with Crippen LogP contribution in [0.4, 0.5) is 0 Å².